The molecule has 0 saturated carbocycles. The van der Waals surface area contributed by atoms with E-state index in [4.69, 9.17) is 0 Å². The summed E-state index contributed by atoms with van der Waals surface area (Å²) in [5.41, 5.74) is 0.595. The monoisotopic (exact) mass is 239 g/mol. The van der Waals surface area contributed by atoms with Crippen LogP contribution in [0.5, 0.6) is 0 Å². The Hall–Kier alpha value is -0.340. The first kappa shape index (κ1) is 13.7. The maximum Gasteiger partial charge on any atom is 0.00967 e. The van der Waals surface area contributed by atoms with Crippen LogP contribution in [0.25, 0.3) is 0 Å². The Morgan fingerprint density at radius 2 is 1.88 bits per heavy atom. The van der Waals surface area contributed by atoms with E-state index in [0.29, 0.717) is 5.41 Å². The van der Waals surface area contributed by atoms with Gasteiger partial charge in [0.1, 0.15) is 0 Å². The molecular formula is C14H25NS. The number of aryl methyl sites for hydroxylation is 1. The minimum atomic E-state index is 0.222. The third-order valence-electron chi connectivity index (χ3n) is 2.73. The molecule has 1 rings (SSSR count). The van der Waals surface area contributed by atoms with Gasteiger partial charge in [0, 0.05) is 17.0 Å². The van der Waals surface area contributed by atoms with Crippen LogP contribution in [0.4, 0.5) is 0 Å². The van der Waals surface area contributed by atoms with Crippen LogP contribution >= 0.6 is 11.3 Å². The molecule has 0 unspecified atom stereocenters. The summed E-state index contributed by atoms with van der Waals surface area (Å²) in [6.07, 6.45) is 2.45. The van der Waals surface area contributed by atoms with Crippen molar-refractivity contribution >= 4 is 11.3 Å². The Morgan fingerprint density at radius 1 is 1.19 bits per heavy atom. The molecule has 0 saturated heterocycles. The highest BCUT2D eigenvalue weighted by atomic mass is 32.1. The zero-order valence-electron chi connectivity index (χ0n) is 11.3. The van der Waals surface area contributed by atoms with Crippen molar-refractivity contribution in [3.05, 3.63) is 22.4 Å². The Labute approximate surface area is 104 Å². The minimum Gasteiger partial charge on any atom is -0.312 e. The molecule has 1 aromatic heterocycles. The van der Waals surface area contributed by atoms with E-state index in [0.717, 1.165) is 6.54 Å². The molecule has 92 valence electrons. The topological polar surface area (TPSA) is 12.0 Å². The Balaban J connectivity index is 2.34. The van der Waals surface area contributed by atoms with Crippen molar-refractivity contribution in [2.75, 3.05) is 6.54 Å². The Bertz CT molecular complexity index is 293. The van der Waals surface area contributed by atoms with Crippen molar-refractivity contribution in [1.29, 1.82) is 0 Å². The molecule has 0 aliphatic heterocycles. The number of hydrogen-bond acceptors (Lipinski definition) is 2. The van der Waals surface area contributed by atoms with Gasteiger partial charge in [-0.15, -0.1) is 11.3 Å². The van der Waals surface area contributed by atoms with E-state index in [9.17, 15) is 0 Å². The zero-order valence-corrected chi connectivity index (χ0v) is 12.1. The van der Waals surface area contributed by atoms with Crippen LogP contribution in [-0.2, 0) is 6.42 Å². The lowest BCUT2D eigenvalue weighted by atomic mass is 9.86. The summed E-state index contributed by atoms with van der Waals surface area (Å²) in [6, 6.07) is 4.37. The second-order valence-electron chi connectivity index (χ2n) is 6.35. The van der Waals surface area contributed by atoms with Crippen LogP contribution in [0.3, 0.4) is 0 Å². The average molecular weight is 239 g/mol. The number of nitrogens with one attached hydrogen (secondary N) is 1. The van der Waals surface area contributed by atoms with Crippen molar-refractivity contribution in [1.82, 2.24) is 5.32 Å². The predicted molar refractivity (Wildman–Crippen MR) is 74.2 cm³/mol. The molecule has 0 radical (unpaired) electrons. The van der Waals surface area contributed by atoms with E-state index < -0.39 is 0 Å². The molecule has 1 heterocycles. The first-order valence-electron chi connectivity index (χ1n) is 6.06. The van der Waals surface area contributed by atoms with Gasteiger partial charge in [-0.2, -0.15) is 0 Å². The molecular weight excluding hydrogens is 214 g/mol. The van der Waals surface area contributed by atoms with E-state index >= 15 is 0 Å². The van der Waals surface area contributed by atoms with Gasteiger partial charge in [-0.1, -0.05) is 19.9 Å². The largest absolute Gasteiger partial charge is 0.312 e. The maximum atomic E-state index is 3.60. The lowest BCUT2D eigenvalue weighted by Gasteiger charge is -2.30. The van der Waals surface area contributed by atoms with Crippen LogP contribution in [0.1, 0.15) is 45.9 Å². The molecule has 0 aliphatic carbocycles. The van der Waals surface area contributed by atoms with E-state index in [1.807, 2.05) is 11.3 Å². The molecule has 2 heteroatoms. The first-order valence-corrected chi connectivity index (χ1v) is 6.94. The zero-order chi connectivity index (χ0) is 12.2. The maximum absolute atomic E-state index is 3.60. The summed E-state index contributed by atoms with van der Waals surface area (Å²) >= 11 is 1.87. The molecule has 0 aromatic carbocycles. The third-order valence-corrected chi connectivity index (χ3v) is 3.66. The van der Waals surface area contributed by atoms with Gasteiger partial charge in [0.2, 0.25) is 0 Å². The quantitative estimate of drug-likeness (QED) is 0.816. The highest BCUT2D eigenvalue weighted by Crippen LogP contribution is 2.24. The van der Waals surface area contributed by atoms with E-state index in [1.165, 1.54) is 17.7 Å². The van der Waals surface area contributed by atoms with Gasteiger partial charge < -0.3 is 5.32 Å². The second kappa shape index (κ2) is 5.33. The van der Waals surface area contributed by atoms with Crippen LogP contribution in [0, 0.1) is 5.41 Å². The number of hydrogen-bond donors (Lipinski definition) is 1. The second-order valence-corrected chi connectivity index (χ2v) is 7.38. The van der Waals surface area contributed by atoms with Gasteiger partial charge >= 0.3 is 0 Å². The fourth-order valence-corrected chi connectivity index (χ4v) is 2.22. The van der Waals surface area contributed by atoms with E-state index in [1.54, 1.807) is 0 Å². The molecule has 16 heavy (non-hydrogen) atoms. The van der Waals surface area contributed by atoms with Crippen LogP contribution < -0.4 is 5.32 Å². The summed E-state index contributed by atoms with van der Waals surface area (Å²) < 4.78 is 0. The van der Waals surface area contributed by atoms with Gasteiger partial charge in [-0.05, 0) is 50.5 Å². The van der Waals surface area contributed by atoms with Crippen LogP contribution in [0.15, 0.2) is 17.5 Å². The molecule has 0 bridgehead atoms. The lowest BCUT2D eigenvalue weighted by molar-refractivity contribution is 0.274. The van der Waals surface area contributed by atoms with E-state index in [-0.39, 0.29) is 5.54 Å². The van der Waals surface area contributed by atoms with Gasteiger partial charge in [-0.25, -0.2) is 0 Å². The Morgan fingerprint density at radius 3 is 2.38 bits per heavy atom. The fraction of sp³-hybridized carbons (Fsp3) is 0.714. The Kier molecular flexibility index (Phi) is 4.57. The molecule has 1 N–H and O–H groups in total. The van der Waals surface area contributed by atoms with E-state index in [2.05, 4.69) is 57.4 Å². The summed E-state index contributed by atoms with van der Waals surface area (Å²) in [4.78, 5) is 1.50. The SMILES string of the molecule is CC(C)(CCc1cccs1)CNC(C)(C)C. The van der Waals surface area contributed by atoms with Gasteiger partial charge in [0.15, 0.2) is 0 Å². The van der Waals surface area contributed by atoms with Crippen LogP contribution in [-0.4, -0.2) is 12.1 Å². The van der Waals surface area contributed by atoms with Crippen molar-refractivity contribution in [2.45, 2.75) is 53.0 Å². The lowest BCUT2D eigenvalue weighted by Crippen LogP contribution is -2.42. The summed E-state index contributed by atoms with van der Waals surface area (Å²) in [7, 11) is 0. The van der Waals surface area contributed by atoms with Crippen LogP contribution in [0.2, 0.25) is 0 Å². The molecule has 0 aliphatic rings. The smallest absolute Gasteiger partial charge is 0.00967 e. The highest BCUT2D eigenvalue weighted by molar-refractivity contribution is 7.09. The van der Waals surface area contributed by atoms with Crippen molar-refractivity contribution in [3.8, 4) is 0 Å². The third kappa shape index (κ3) is 5.66. The molecule has 0 spiro atoms. The molecule has 1 nitrogen and oxygen atoms in total. The summed E-state index contributed by atoms with van der Waals surface area (Å²) in [5, 5.41) is 5.76. The van der Waals surface area contributed by atoms with Crippen molar-refractivity contribution in [2.24, 2.45) is 5.41 Å². The number of thiophene rings is 1. The summed E-state index contributed by atoms with van der Waals surface area (Å²) in [5.74, 6) is 0. The number of rotatable bonds is 5. The van der Waals surface area contributed by atoms with Gasteiger partial charge in [-0.3, -0.25) is 0 Å². The summed E-state index contributed by atoms with van der Waals surface area (Å²) in [6.45, 7) is 12.5. The minimum absolute atomic E-state index is 0.222. The fourth-order valence-electron chi connectivity index (χ4n) is 1.51. The molecule has 0 fully saturated rings. The molecule has 0 atom stereocenters. The van der Waals surface area contributed by atoms with Gasteiger partial charge in [0.05, 0.1) is 0 Å². The van der Waals surface area contributed by atoms with Gasteiger partial charge in [0.25, 0.3) is 0 Å². The normalized spacial score (nSPS) is 13.1. The molecule has 0 amide bonds. The highest BCUT2D eigenvalue weighted by Gasteiger charge is 2.20. The standard InChI is InChI=1S/C14H25NS/c1-13(2,3)15-11-14(4,5)9-8-12-7-6-10-16-12/h6-7,10,15H,8-9,11H2,1-5H3. The first-order chi connectivity index (χ1) is 7.29. The predicted octanol–water partition coefficient (Wildman–Crippen LogP) is 4.10. The van der Waals surface area contributed by atoms with Crippen molar-refractivity contribution in [3.63, 3.8) is 0 Å². The average Bonchev–Trinajstić information content (AvgIpc) is 2.64. The molecule has 1 aromatic rings. The van der Waals surface area contributed by atoms with Crippen molar-refractivity contribution < 1.29 is 0 Å².